The highest BCUT2D eigenvalue weighted by Crippen LogP contribution is 2.31. The fourth-order valence-corrected chi connectivity index (χ4v) is 4.82. The maximum Gasteiger partial charge on any atom is 0.328 e. The highest BCUT2D eigenvalue weighted by atomic mass is 32.2. The van der Waals surface area contributed by atoms with Crippen molar-refractivity contribution in [1.82, 2.24) is 15.2 Å². The van der Waals surface area contributed by atoms with Crippen molar-refractivity contribution in [2.75, 3.05) is 18.8 Å². The molecule has 3 N–H and O–H groups in total. The van der Waals surface area contributed by atoms with Gasteiger partial charge in [-0.15, -0.1) is 11.8 Å². The molecule has 1 saturated heterocycles. The van der Waals surface area contributed by atoms with Gasteiger partial charge in [-0.05, 0) is 50.2 Å². The van der Waals surface area contributed by atoms with Crippen molar-refractivity contribution in [2.24, 2.45) is 5.92 Å². The summed E-state index contributed by atoms with van der Waals surface area (Å²) in [4.78, 5) is 37.4. The second-order valence-electron chi connectivity index (χ2n) is 7.95. The predicted molar refractivity (Wildman–Crippen MR) is 124 cm³/mol. The number of carboxylic acids is 2. The van der Waals surface area contributed by atoms with E-state index in [1.165, 1.54) is 0 Å². The number of likely N-dealkylation sites (tertiary alicyclic amines) is 1. The molecule has 0 bridgehead atoms. The number of amides is 1. The van der Waals surface area contributed by atoms with Crippen molar-refractivity contribution in [3.05, 3.63) is 36.0 Å². The van der Waals surface area contributed by atoms with Gasteiger partial charge in [-0.2, -0.15) is 10.5 Å². The van der Waals surface area contributed by atoms with Crippen LogP contribution in [0.15, 0.2) is 35.5 Å². The zero-order chi connectivity index (χ0) is 24.9. The van der Waals surface area contributed by atoms with Crippen LogP contribution in [0.5, 0.6) is 0 Å². The number of hydrogen-bond donors (Lipinski definition) is 3. The first-order valence-corrected chi connectivity index (χ1v) is 11.9. The lowest BCUT2D eigenvalue weighted by atomic mass is 10.1. The lowest BCUT2D eigenvalue weighted by molar-refractivity contribution is -0.134. The SMILES string of the molecule is N#Cc1ccc(SCC2CCC(NCC(=O)N3CCC[C@H]3C#N)C2)nc1.O=C(O)/C=C\C(=O)O. The van der Waals surface area contributed by atoms with E-state index in [1.54, 1.807) is 28.9 Å². The Morgan fingerprint density at radius 3 is 2.50 bits per heavy atom. The van der Waals surface area contributed by atoms with E-state index < -0.39 is 11.9 Å². The maximum atomic E-state index is 12.3. The van der Waals surface area contributed by atoms with Gasteiger partial charge in [0.25, 0.3) is 0 Å². The van der Waals surface area contributed by atoms with E-state index >= 15 is 0 Å². The molecule has 1 aromatic heterocycles. The van der Waals surface area contributed by atoms with Crippen molar-refractivity contribution >= 4 is 29.6 Å². The Kier molecular flexibility index (Phi) is 11.0. The molecule has 1 aliphatic heterocycles. The van der Waals surface area contributed by atoms with Crippen molar-refractivity contribution in [1.29, 1.82) is 10.5 Å². The highest BCUT2D eigenvalue weighted by Gasteiger charge is 2.30. The molecule has 180 valence electrons. The number of aliphatic carboxylic acids is 2. The van der Waals surface area contributed by atoms with E-state index in [2.05, 4.69) is 22.4 Å². The van der Waals surface area contributed by atoms with Crippen molar-refractivity contribution in [3.8, 4) is 12.1 Å². The van der Waals surface area contributed by atoms with Gasteiger partial charge in [-0.1, -0.05) is 0 Å². The first-order valence-electron chi connectivity index (χ1n) is 10.9. The quantitative estimate of drug-likeness (QED) is 0.366. The Morgan fingerprint density at radius 2 is 1.91 bits per heavy atom. The first kappa shape index (κ1) is 26.8. The van der Waals surface area contributed by atoms with Crippen LogP contribution in [-0.2, 0) is 14.4 Å². The number of rotatable bonds is 8. The van der Waals surface area contributed by atoms with Gasteiger partial charge < -0.3 is 20.4 Å². The lowest BCUT2D eigenvalue weighted by Crippen LogP contribution is -2.42. The molecule has 0 radical (unpaired) electrons. The number of hydrogen-bond acceptors (Lipinski definition) is 8. The van der Waals surface area contributed by atoms with Crippen LogP contribution in [0.25, 0.3) is 0 Å². The average Bonchev–Trinajstić information content (AvgIpc) is 3.50. The third kappa shape index (κ3) is 9.22. The van der Waals surface area contributed by atoms with E-state index in [9.17, 15) is 14.4 Å². The second kappa shape index (κ2) is 14.0. The van der Waals surface area contributed by atoms with Crippen LogP contribution in [0.2, 0.25) is 0 Å². The number of nitrogens with zero attached hydrogens (tertiary/aromatic N) is 4. The van der Waals surface area contributed by atoms with E-state index in [-0.39, 0.29) is 11.9 Å². The normalized spacial score (nSPS) is 21.4. The molecule has 11 heteroatoms. The fraction of sp³-hybridized carbons (Fsp3) is 0.478. The molecular formula is C23H27N5O5S. The third-order valence-corrected chi connectivity index (χ3v) is 6.68. The van der Waals surface area contributed by atoms with Crippen LogP contribution in [0.4, 0.5) is 0 Å². The number of carbonyl (C=O) groups excluding carboxylic acids is 1. The van der Waals surface area contributed by atoms with Gasteiger partial charge in [0.15, 0.2) is 0 Å². The summed E-state index contributed by atoms with van der Waals surface area (Å²) in [6.07, 6.45) is 7.76. The topological polar surface area (TPSA) is 167 Å². The lowest BCUT2D eigenvalue weighted by Gasteiger charge is -2.21. The van der Waals surface area contributed by atoms with Crippen molar-refractivity contribution < 1.29 is 24.6 Å². The van der Waals surface area contributed by atoms with Gasteiger partial charge in [-0.3, -0.25) is 4.79 Å². The van der Waals surface area contributed by atoms with Gasteiger partial charge in [0.1, 0.15) is 12.1 Å². The summed E-state index contributed by atoms with van der Waals surface area (Å²) in [7, 11) is 0. The molecule has 3 atom stereocenters. The second-order valence-corrected chi connectivity index (χ2v) is 8.99. The minimum absolute atomic E-state index is 0.0497. The van der Waals surface area contributed by atoms with Crippen molar-refractivity contribution in [2.45, 2.75) is 49.2 Å². The third-order valence-electron chi connectivity index (χ3n) is 5.51. The largest absolute Gasteiger partial charge is 0.478 e. The number of carboxylic acid groups (broad SMARTS) is 2. The number of pyridine rings is 1. The van der Waals surface area contributed by atoms with Crippen LogP contribution >= 0.6 is 11.8 Å². The van der Waals surface area contributed by atoms with E-state index in [0.717, 1.165) is 42.9 Å². The molecule has 10 nitrogen and oxygen atoms in total. The monoisotopic (exact) mass is 485 g/mol. The molecule has 3 rings (SSSR count). The number of nitrogens with one attached hydrogen (secondary N) is 1. The fourth-order valence-electron chi connectivity index (χ4n) is 3.82. The smallest absolute Gasteiger partial charge is 0.328 e. The van der Waals surface area contributed by atoms with Gasteiger partial charge in [0.2, 0.25) is 5.91 Å². The van der Waals surface area contributed by atoms with Crippen LogP contribution < -0.4 is 5.32 Å². The van der Waals surface area contributed by atoms with Crippen LogP contribution in [0.1, 0.15) is 37.7 Å². The van der Waals surface area contributed by atoms with Gasteiger partial charge in [0, 0.05) is 36.7 Å². The highest BCUT2D eigenvalue weighted by molar-refractivity contribution is 7.99. The Bertz CT molecular complexity index is 953. The predicted octanol–water partition coefficient (Wildman–Crippen LogP) is 2.03. The molecule has 1 saturated carbocycles. The molecule has 1 aromatic rings. The molecule has 2 heterocycles. The molecule has 1 amide bonds. The summed E-state index contributed by atoms with van der Waals surface area (Å²) < 4.78 is 0. The Hall–Kier alpha value is -3.41. The zero-order valence-electron chi connectivity index (χ0n) is 18.6. The molecule has 0 spiro atoms. The Balaban J connectivity index is 0.000000440. The van der Waals surface area contributed by atoms with E-state index in [1.807, 2.05) is 6.07 Å². The summed E-state index contributed by atoms with van der Waals surface area (Å²) in [5, 5.41) is 37.9. The minimum Gasteiger partial charge on any atom is -0.478 e. The van der Waals surface area contributed by atoms with Crippen LogP contribution in [0, 0.1) is 28.6 Å². The van der Waals surface area contributed by atoms with E-state index in [4.69, 9.17) is 20.7 Å². The summed E-state index contributed by atoms with van der Waals surface area (Å²) in [6.45, 7) is 1.04. The maximum absolute atomic E-state index is 12.3. The molecule has 0 aromatic carbocycles. The van der Waals surface area contributed by atoms with Gasteiger partial charge in [0.05, 0.1) is 23.2 Å². The molecule has 34 heavy (non-hydrogen) atoms. The molecule has 2 aliphatic rings. The van der Waals surface area contributed by atoms with Crippen LogP contribution in [-0.4, -0.2) is 68.9 Å². The molecule has 2 fully saturated rings. The Morgan fingerprint density at radius 1 is 1.18 bits per heavy atom. The summed E-state index contributed by atoms with van der Waals surface area (Å²) in [5.74, 6) is -0.842. The number of carbonyl (C=O) groups is 3. The van der Waals surface area contributed by atoms with E-state index in [0.29, 0.717) is 42.8 Å². The minimum atomic E-state index is -1.26. The summed E-state index contributed by atoms with van der Waals surface area (Å²) in [6, 6.07) is 8.13. The standard InChI is InChI=1S/C19H23N5OS.C4H4O4/c20-9-15-4-6-18(23-11-15)26-13-14-3-5-16(8-14)22-12-19(25)24-7-1-2-17(24)10-21;5-3(6)1-2-4(7)8/h4,6,11,14,16-17,22H,1-3,5,7-8,12-13H2;1-2H,(H,5,6)(H,7,8)/b;2-1-/t14?,16?,17-;/m0./s1. The molecule has 2 unspecified atom stereocenters. The summed E-state index contributed by atoms with van der Waals surface area (Å²) >= 11 is 1.73. The zero-order valence-corrected chi connectivity index (χ0v) is 19.4. The average molecular weight is 486 g/mol. The number of thioether (sulfide) groups is 1. The van der Waals surface area contributed by atoms with Gasteiger partial charge in [-0.25, -0.2) is 14.6 Å². The van der Waals surface area contributed by atoms with Gasteiger partial charge >= 0.3 is 11.9 Å². The molecule has 1 aliphatic carbocycles. The molecular weight excluding hydrogens is 458 g/mol. The first-order chi connectivity index (χ1) is 16.3. The summed E-state index contributed by atoms with van der Waals surface area (Å²) in [5.41, 5.74) is 0.584. The number of aromatic nitrogens is 1. The van der Waals surface area contributed by atoms with Crippen LogP contribution in [0.3, 0.4) is 0 Å². The Labute approximate surface area is 202 Å². The van der Waals surface area contributed by atoms with Crippen molar-refractivity contribution in [3.63, 3.8) is 0 Å². The number of nitriles is 2.